The molecule has 2 unspecified atom stereocenters. The Hall–Kier alpha value is -0.910. The summed E-state index contributed by atoms with van der Waals surface area (Å²) >= 11 is 0. The number of hydrogen-bond donors (Lipinski definition) is 2. The van der Waals surface area contributed by atoms with E-state index in [-0.39, 0.29) is 6.04 Å². The average molecular weight is 282 g/mol. The van der Waals surface area contributed by atoms with Gasteiger partial charge in [0.2, 0.25) is 10.0 Å². The minimum atomic E-state index is -3.40. The fraction of sp³-hybridized carbons (Fsp3) is 0.571. The highest BCUT2D eigenvalue weighted by Gasteiger charge is 2.28. The number of benzene rings is 1. The van der Waals surface area contributed by atoms with Crippen LogP contribution in [0.15, 0.2) is 29.2 Å². The van der Waals surface area contributed by atoms with E-state index in [1.807, 2.05) is 13.1 Å². The number of sulfonamides is 1. The third kappa shape index (κ3) is 3.55. The van der Waals surface area contributed by atoms with E-state index in [0.29, 0.717) is 17.4 Å². The monoisotopic (exact) mass is 282 g/mol. The van der Waals surface area contributed by atoms with Crippen LogP contribution in [0.3, 0.4) is 0 Å². The summed E-state index contributed by atoms with van der Waals surface area (Å²) in [7, 11) is -1.55. The predicted octanol–water partition coefficient (Wildman–Crippen LogP) is 1.87. The topological polar surface area (TPSA) is 58.2 Å². The summed E-state index contributed by atoms with van der Waals surface area (Å²) in [6.07, 6.45) is 3.15. The second kappa shape index (κ2) is 6.03. The van der Waals surface area contributed by atoms with E-state index in [1.165, 1.54) is 0 Å². The molecule has 0 spiro atoms. The van der Waals surface area contributed by atoms with Crippen molar-refractivity contribution in [1.82, 2.24) is 10.0 Å². The molecule has 1 aromatic carbocycles. The molecule has 1 saturated carbocycles. The van der Waals surface area contributed by atoms with Crippen molar-refractivity contribution < 1.29 is 8.42 Å². The van der Waals surface area contributed by atoms with Crippen molar-refractivity contribution in [1.29, 1.82) is 0 Å². The maximum atomic E-state index is 12.4. The van der Waals surface area contributed by atoms with Crippen LogP contribution < -0.4 is 10.0 Å². The lowest BCUT2D eigenvalue weighted by molar-refractivity contribution is 0.476. The van der Waals surface area contributed by atoms with Crippen LogP contribution in [0.25, 0.3) is 0 Å². The minimum Gasteiger partial charge on any atom is -0.316 e. The van der Waals surface area contributed by atoms with E-state index in [0.717, 1.165) is 24.8 Å². The molecular weight excluding hydrogens is 260 g/mol. The first-order chi connectivity index (χ1) is 9.03. The largest absolute Gasteiger partial charge is 0.316 e. The zero-order chi connectivity index (χ0) is 13.9. The SMILES string of the molecule is CNCc1cccc(S(=O)(=O)NC2CCCC2C)c1. The molecule has 2 rings (SSSR count). The van der Waals surface area contributed by atoms with Gasteiger partial charge in [-0.1, -0.05) is 25.5 Å². The minimum absolute atomic E-state index is 0.0814. The van der Waals surface area contributed by atoms with Gasteiger partial charge in [-0.15, -0.1) is 0 Å². The molecule has 0 saturated heterocycles. The standard InChI is InChI=1S/C14H22N2O2S/c1-11-5-3-8-14(11)16-19(17,18)13-7-4-6-12(9-13)10-15-2/h4,6-7,9,11,14-16H,3,5,8,10H2,1-2H3. The lowest BCUT2D eigenvalue weighted by Gasteiger charge is -2.17. The van der Waals surface area contributed by atoms with Crippen molar-refractivity contribution >= 4 is 10.0 Å². The van der Waals surface area contributed by atoms with Crippen LogP contribution >= 0.6 is 0 Å². The molecule has 2 atom stereocenters. The molecule has 1 aliphatic carbocycles. The van der Waals surface area contributed by atoms with E-state index in [2.05, 4.69) is 17.0 Å². The first-order valence-corrected chi connectivity index (χ1v) is 8.27. The number of hydrogen-bond acceptors (Lipinski definition) is 3. The number of rotatable bonds is 5. The Balaban J connectivity index is 2.16. The first kappa shape index (κ1) is 14.5. The van der Waals surface area contributed by atoms with E-state index >= 15 is 0 Å². The van der Waals surface area contributed by atoms with Crippen molar-refractivity contribution in [2.45, 2.75) is 43.7 Å². The molecule has 106 valence electrons. The third-order valence-electron chi connectivity index (χ3n) is 3.76. The quantitative estimate of drug-likeness (QED) is 0.867. The maximum absolute atomic E-state index is 12.4. The van der Waals surface area contributed by atoms with Crippen LogP contribution in [-0.2, 0) is 16.6 Å². The molecule has 4 nitrogen and oxygen atoms in total. The highest BCUT2D eigenvalue weighted by molar-refractivity contribution is 7.89. The van der Waals surface area contributed by atoms with Crippen molar-refractivity contribution in [2.75, 3.05) is 7.05 Å². The molecule has 1 fully saturated rings. The summed E-state index contributed by atoms with van der Waals surface area (Å²) in [4.78, 5) is 0.361. The van der Waals surface area contributed by atoms with E-state index in [4.69, 9.17) is 0 Å². The smallest absolute Gasteiger partial charge is 0.240 e. The van der Waals surface area contributed by atoms with Crippen LogP contribution in [0, 0.1) is 5.92 Å². The van der Waals surface area contributed by atoms with E-state index < -0.39 is 10.0 Å². The van der Waals surface area contributed by atoms with Crippen molar-refractivity contribution in [2.24, 2.45) is 5.92 Å². The lowest BCUT2D eigenvalue weighted by Crippen LogP contribution is -2.36. The first-order valence-electron chi connectivity index (χ1n) is 6.79. The van der Waals surface area contributed by atoms with Crippen LogP contribution in [0.5, 0.6) is 0 Å². The van der Waals surface area contributed by atoms with Crippen molar-refractivity contribution in [3.05, 3.63) is 29.8 Å². The molecule has 0 amide bonds. The summed E-state index contributed by atoms with van der Waals surface area (Å²) in [5.41, 5.74) is 0.977. The van der Waals surface area contributed by atoms with Gasteiger partial charge in [0.25, 0.3) is 0 Å². The van der Waals surface area contributed by atoms with Gasteiger partial charge in [-0.2, -0.15) is 0 Å². The second-order valence-corrected chi connectivity index (χ2v) is 7.03. The Morgan fingerprint density at radius 2 is 2.11 bits per heavy atom. The molecule has 1 aliphatic rings. The zero-order valence-corrected chi connectivity index (χ0v) is 12.3. The Kier molecular flexibility index (Phi) is 4.60. The average Bonchev–Trinajstić information content (AvgIpc) is 2.75. The fourth-order valence-corrected chi connectivity index (χ4v) is 4.06. The molecular formula is C14H22N2O2S. The maximum Gasteiger partial charge on any atom is 0.240 e. The zero-order valence-electron chi connectivity index (χ0n) is 11.5. The molecule has 0 bridgehead atoms. The van der Waals surface area contributed by atoms with Gasteiger partial charge in [0.15, 0.2) is 0 Å². The molecule has 0 heterocycles. The van der Waals surface area contributed by atoms with Crippen molar-refractivity contribution in [3.63, 3.8) is 0 Å². The Labute approximate surface area is 115 Å². The molecule has 0 aromatic heterocycles. The van der Waals surface area contributed by atoms with Gasteiger partial charge in [-0.25, -0.2) is 13.1 Å². The predicted molar refractivity (Wildman–Crippen MR) is 76.3 cm³/mol. The van der Waals surface area contributed by atoms with Crippen LogP contribution in [0.2, 0.25) is 0 Å². The Morgan fingerprint density at radius 1 is 1.32 bits per heavy atom. The molecule has 2 N–H and O–H groups in total. The highest BCUT2D eigenvalue weighted by atomic mass is 32.2. The summed E-state index contributed by atoms with van der Waals surface area (Å²) in [5.74, 6) is 0.426. The Morgan fingerprint density at radius 3 is 2.74 bits per heavy atom. The molecule has 19 heavy (non-hydrogen) atoms. The molecule has 1 aromatic rings. The van der Waals surface area contributed by atoms with Gasteiger partial charge >= 0.3 is 0 Å². The molecule has 0 aliphatic heterocycles. The van der Waals surface area contributed by atoms with Gasteiger partial charge in [0.05, 0.1) is 4.90 Å². The molecule has 0 radical (unpaired) electrons. The van der Waals surface area contributed by atoms with Gasteiger partial charge in [-0.05, 0) is 43.5 Å². The summed E-state index contributed by atoms with van der Waals surface area (Å²) in [6.45, 7) is 2.78. The van der Waals surface area contributed by atoms with Gasteiger partial charge < -0.3 is 5.32 Å². The lowest BCUT2D eigenvalue weighted by atomic mass is 10.1. The van der Waals surface area contributed by atoms with Gasteiger partial charge in [0.1, 0.15) is 0 Å². The normalized spacial score (nSPS) is 23.7. The highest BCUT2D eigenvalue weighted by Crippen LogP contribution is 2.26. The fourth-order valence-electron chi connectivity index (χ4n) is 2.61. The summed E-state index contributed by atoms with van der Waals surface area (Å²) < 4.78 is 27.6. The third-order valence-corrected chi connectivity index (χ3v) is 5.25. The molecule has 5 heteroatoms. The van der Waals surface area contributed by atoms with E-state index in [9.17, 15) is 8.42 Å². The summed E-state index contributed by atoms with van der Waals surface area (Å²) in [5, 5.41) is 3.03. The Bertz CT molecular complexity index is 528. The second-order valence-electron chi connectivity index (χ2n) is 5.31. The van der Waals surface area contributed by atoms with Gasteiger partial charge in [0, 0.05) is 12.6 Å². The van der Waals surface area contributed by atoms with Gasteiger partial charge in [-0.3, -0.25) is 0 Å². The van der Waals surface area contributed by atoms with Crippen LogP contribution in [0.4, 0.5) is 0 Å². The number of nitrogens with one attached hydrogen (secondary N) is 2. The van der Waals surface area contributed by atoms with Crippen LogP contribution in [0.1, 0.15) is 31.7 Å². The summed E-state index contributed by atoms with van der Waals surface area (Å²) in [6, 6.07) is 7.19. The van der Waals surface area contributed by atoms with Crippen molar-refractivity contribution in [3.8, 4) is 0 Å². The van der Waals surface area contributed by atoms with Crippen LogP contribution in [-0.4, -0.2) is 21.5 Å². The van der Waals surface area contributed by atoms with E-state index in [1.54, 1.807) is 18.2 Å².